The van der Waals surface area contributed by atoms with Crippen LogP contribution in [-0.2, 0) is 14.2 Å². The van der Waals surface area contributed by atoms with Crippen LogP contribution in [0.25, 0.3) is 11.2 Å². The minimum absolute atomic E-state index is 0.0998. The molecule has 0 saturated carbocycles. The molecular formula is C26H23ClN4O5. The minimum Gasteiger partial charge on any atom is -0.459 e. The number of aryl methyl sites for hydroxylation is 2. The molecule has 0 radical (unpaired) electrons. The van der Waals surface area contributed by atoms with Gasteiger partial charge in [-0.3, -0.25) is 4.57 Å². The number of aromatic nitrogens is 4. The van der Waals surface area contributed by atoms with E-state index in [1.54, 1.807) is 35.2 Å². The Bertz CT molecular complexity index is 1400. The third-order valence-electron chi connectivity index (χ3n) is 6.02. The molecule has 3 heterocycles. The van der Waals surface area contributed by atoms with Crippen molar-refractivity contribution in [1.29, 1.82) is 0 Å². The zero-order valence-electron chi connectivity index (χ0n) is 19.6. The van der Waals surface area contributed by atoms with Gasteiger partial charge in [-0.2, -0.15) is 0 Å². The summed E-state index contributed by atoms with van der Waals surface area (Å²) in [6.45, 7) is 3.78. The number of imidazole rings is 1. The van der Waals surface area contributed by atoms with Crippen LogP contribution in [0.2, 0.25) is 5.15 Å². The van der Waals surface area contributed by atoms with Crippen molar-refractivity contribution in [2.24, 2.45) is 0 Å². The first-order valence-electron chi connectivity index (χ1n) is 11.4. The van der Waals surface area contributed by atoms with Gasteiger partial charge in [-0.1, -0.05) is 47.0 Å². The normalized spacial score (nSPS) is 19.4. The van der Waals surface area contributed by atoms with Crippen LogP contribution in [0.15, 0.2) is 61.2 Å². The van der Waals surface area contributed by atoms with E-state index in [4.69, 9.17) is 25.8 Å². The molecule has 2 aromatic heterocycles. The highest BCUT2D eigenvalue weighted by Gasteiger charge is 2.40. The molecule has 10 heteroatoms. The van der Waals surface area contributed by atoms with E-state index in [1.165, 1.54) is 6.33 Å². The van der Waals surface area contributed by atoms with Crippen molar-refractivity contribution >= 4 is 34.7 Å². The summed E-state index contributed by atoms with van der Waals surface area (Å²) in [4.78, 5) is 37.9. The number of carbonyl (C=O) groups is 2. The Kier molecular flexibility index (Phi) is 6.67. The fraction of sp³-hybridized carbons (Fsp3) is 0.269. The maximum Gasteiger partial charge on any atom is 0.338 e. The fourth-order valence-corrected chi connectivity index (χ4v) is 4.18. The molecule has 0 N–H and O–H groups in total. The first-order chi connectivity index (χ1) is 17.4. The number of rotatable bonds is 6. The molecule has 1 saturated heterocycles. The van der Waals surface area contributed by atoms with Gasteiger partial charge in [-0.05, 0) is 38.1 Å². The van der Waals surface area contributed by atoms with E-state index in [9.17, 15) is 9.59 Å². The van der Waals surface area contributed by atoms with Gasteiger partial charge in [0.05, 0.1) is 17.5 Å². The second-order valence-electron chi connectivity index (χ2n) is 8.63. The fourth-order valence-electron chi connectivity index (χ4n) is 4.01. The van der Waals surface area contributed by atoms with Gasteiger partial charge < -0.3 is 14.2 Å². The van der Waals surface area contributed by atoms with Crippen molar-refractivity contribution < 1.29 is 23.8 Å². The van der Waals surface area contributed by atoms with E-state index >= 15 is 0 Å². The third kappa shape index (κ3) is 4.93. The van der Waals surface area contributed by atoms with E-state index in [2.05, 4.69) is 15.0 Å². The topological polar surface area (TPSA) is 105 Å². The van der Waals surface area contributed by atoms with Gasteiger partial charge in [-0.25, -0.2) is 24.5 Å². The predicted molar refractivity (Wildman–Crippen MR) is 131 cm³/mol. The standard InChI is InChI=1S/C26H23ClN4O5/c1-15-3-7-17(8-4-15)25(32)34-12-20-19(36-26(33)18-9-5-16(2)6-10-18)11-21(35-20)31-14-30-22-23(27)28-13-29-24(22)31/h3-10,13-14,19-21H,11-12H2,1-2H3/t19-,20+,21+/m0/s1. The van der Waals surface area contributed by atoms with Crippen molar-refractivity contribution in [3.8, 4) is 0 Å². The molecule has 0 amide bonds. The molecule has 0 bridgehead atoms. The molecule has 3 atom stereocenters. The molecule has 184 valence electrons. The molecular weight excluding hydrogens is 484 g/mol. The lowest BCUT2D eigenvalue weighted by Gasteiger charge is -2.19. The molecule has 2 aromatic carbocycles. The third-order valence-corrected chi connectivity index (χ3v) is 6.29. The van der Waals surface area contributed by atoms with Gasteiger partial charge in [0.25, 0.3) is 0 Å². The predicted octanol–water partition coefficient (Wildman–Crippen LogP) is 4.47. The molecule has 36 heavy (non-hydrogen) atoms. The van der Waals surface area contributed by atoms with Crippen LogP contribution in [0.4, 0.5) is 0 Å². The summed E-state index contributed by atoms with van der Waals surface area (Å²) in [5.74, 6) is -0.974. The lowest BCUT2D eigenvalue weighted by atomic mass is 10.1. The number of esters is 2. The largest absolute Gasteiger partial charge is 0.459 e. The second-order valence-corrected chi connectivity index (χ2v) is 8.99. The zero-order chi connectivity index (χ0) is 25.2. The zero-order valence-corrected chi connectivity index (χ0v) is 20.4. The number of hydrogen-bond donors (Lipinski definition) is 0. The van der Waals surface area contributed by atoms with Gasteiger partial charge in [0.1, 0.15) is 36.9 Å². The van der Waals surface area contributed by atoms with E-state index in [0.29, 0.717) is 28.7 Å². The Morgan fingerprint density at radius 3 is 2.28 bits per heavy atom. The first kappa shape index (κ1) is 23.9. The first-order valence-corrected chi connectivity index (χ1v) is 11.8. The Hall–Kier alpha value is -3.82. The molecule has 1 fully saturated rings. The van der Waals surface area contributed by atoms with Gasteiger partial charge in [0.2, 0.25) is 0 Å². The molecule has 1 aliphatic heterocycles. The number of nitrogens with zero attached hydrogens (tertiary/aromatic N) is 4. The SMILES string of the molecule is Cc1ccc(C(=O)OC[C@H]2O[C@@H](n3cnc4c(Cl)ncnc43)C[C@@H]2OC(=O)c2ccc(C)cc2)cc1. The summed E-state index contributed by atoms with van der Waals surface area (Å²) in [6, 6.07) is 14.2. The molecule has 5 rings (SSSR count). The number of fused-ring (bicyclic) bond motifs is 1. The van der Waals surface area contributed by atoms with Crippen LogP contribution < -0.4 is 0 Å². The number of ether oxygens (including phenoxy) is 3. The van der Waals surface area contributed by atoms with E-state index in [-0.39, 0.29) is 11.8 Å². The van der Waals surface area contributed by atoms with Crippen LogP contribution in [0.1, 0.15) is 44.5 Å². The van der Waals surface area contributed by atoms with Crippen molar-refractivity contribution in [2.75, 3.05) is 6.61 Å². The maximum absolute atomic E-state index is 12.9. The van der Waals surface area contributed by atoms with Gasteiger partial charge in [-0.15, -0.1) is 0 Å². The monoisotopic (exact) mass is 506 g/mol. The Labute approximate surface area is 212 Å². The number of hydrogen-bond acceptors (Lipinski definition) is 8. The van der Waals surface area contributed by atoms with E-state index in [1.807, 2.05) is 38.1 Å². The molecule has 1 aliphatic rings. The highest BCUT2D eigenvalue weighted by molar-refractivity contribution is 6.33. The number of halogens is 1. The van der Waals surface area contributed by atoms with Crippen LogP contribution in [-0.4, -0.2) is 50.3 Å². The summed E-state index contributed by atoms with van der Waals surface area (Å²) in [5, 5.41) is 0.225. The number of carbonyl (C=O) groups excluding carboxylic acids is 2. The summed E-state index contributed by atoms with van der Waals surface area (Å²) in [7, 11) is 0. The lowest BCUT2D eigenvalue weighted by Crippen LogP contribution is -2.32. The highest BCUT2D eigenvalue weighted by atomic mass is 35.5. The Morgan fingerprint density at radius 2 is 1.61 bits per heavy atom. The summed E-state index contributed by atoms with van der Waals surface area (Å²) >= 11 is 6.14. The Morgan fingerprint density at radius 1 is 0.972 bits per heavy atom. The van der Waals surface area contributed by atoms with Crippen LogP contribution in [0.3, 0.4) is 0 Å². The van der Waals surface area contributed by atoms with Gasteiger partial charge in [0.15, 0.2) is 10.8 Å². The molecule has 0 aliphatic carbocycles. The molecule has 0 spiro atoms. The van der Waals surface area contributed by atoms with Crippen molar-refractivity contribution in [2.45, 2.75) is 38.7 Å². The van der Waals surface area contributed by atoms with Crippen molar-refractivity contribution in [3.63, 3.8) is 0 Å². The molecule has 0 unspecified atom stereocenters. The average Bonchev–Trinajstić information content (AvgIpc) is 3.48. The van der Waals surface area contributed by atoms with E-state index < -0.39 is 30.4 Å². The summed E-state index contributed by atoms with van der Waals surface area (Å²) < 4.78 is 19.2. The smallest absolute Gasteiger partial charge is 0.338 e. The molecule has 4 aromatic rings. The van der Waals surface area contributed by atoms with Gasteiger partial charge >= 0.3 is 11.9 Å². The average molecular weight is 507 g/mol. The lowest BCUT2D eigenvalue weighted by molar-refractivity contribution is -0.0563. The van der Waals surface area contributed by atoms with Crippen LogP contribution in [0, 0.1) is 13.8 Å². The van der Waals surface area contributed by atoms with Crippen LogP contribution in [0.5, 0.6) is 0 Å². The Balaban J connectivity index is 1.36. The van der Waals surface area contributed by atoms with E-state index in [0.717, 1.165) is 11.1 Å². The molecule has 9 nitrogen and oxygen atoms in total. The summed E-state index contributed by atoms with van der Waals surface area (Å²) in [5.41, 5.74) is 3.84. The number of benzene rings is 2. The second kappa shape index (κ2) is 10.0. The summed E-state index contributed by atoms with van der Waals surface area (Å²) in [6.07, 6.45) is 1.25. The van der Waals surface area contributed by atoms with Crippen molar-refractivity contribution in [3.05, 3.63) is 88.6 Å². The quantitative estimate of drug-likeness (QED) is 0.278. The van der Waals surface area contributed by atoms with Crippen molar-refractivity contribution in [1.82, 2.24) is 19.5 Å². The minimum atomic E-state index is -0.700. The van der Waals surface area contributed by atoms with Gasteiger partial charge in [0, 0.05) is 6.42 Å². The highest BCUT2D eigenvalue weighted by Crippen LogP contribution is 2.34. The maximum atomic E-state index is 12.9. The van der Waals surface area contributed by atoms with Crippen LogP contribution >= 0.6 is 11.6 Å².